The van der Waals surface area contributed by atoms with Crippen LogP contribution in [0.3, 0.4) is 0 Å². The molecule has 17 atom stereocenters. The van der Waals surface area contributed by atoms with Crippen LogP contribution in [0.1, 0.15) is 159 Å². The van der Waals surface area contributed by atoms with Gasteiger partial charge in [-0.3, -0.25) is 87.5 Å². The van der Waals surface area contributed by atoms with Crippen molar-refractivity contribution in [3.63, 3.8) is 0 Å². The molecule has 776 valence electrons. The van der Waals surface area contributed by atoms with Crippen LogP contribution >= 0.6 is 12.2 Å². The number of hydrogen-bond donors (Lipinski definition) is 33. The van der Waals surface area contributed by atoms with E-state index in [2.05, 4.69) is 95.7 Å². The van der Waals surface area contributed by atoms with Gasteiger partial charge in [0.1, 0.15) is 102 Å². The highest BCUT2D eigenvalue weighted by Crippen LogP contribution is 2.45. The molecule has 38 N–H and O–H groups in total. The highest BCUT2D eigenvalue weighted by molar-refractivity contribution is 7.80. The Morgan fingerprint density at radius 1 is 0.450 bits per heavy atom. The van der Waals surface area contributed by atoms with Crippen molar-refractivity contribution in [2.75, 3.05) is 78.9 Å². The lowest BCUT2D eigenvalue weighted by atomic mass is 9.84. The van der Waals surface area contributed by atoms with Crippen LogP contribution in [0.2, 0.25) is 0 Å². The van der Waals surface area contributed by atoms with E-state index in [1.165, 1.54) is 56.3 Å². The number of fused-ring (bicyclic) bond motifs is 2. The number of anilines is 1. The maximum absolute atomic E-state index is 14.7. The minimum absolute atomic E-state index is 0.00233. The quantitative estimate of drug-likeness (QED) is 0.00961. The van der Waals surface area contributed by atoms with Gasteiger partial charge in [-0.2, -0.15) is 0 Å². The highest BCUT2D eigenvalue weighted by Gasteiger charge is 2.40. The lowest BCUT2D eigenvalue weighted by Crippen LogP contribution is -2.62. The van der Waals surface area contributed by atoms with Crippen LogP contribution in [-0.4, -0.2) is 339 Å². The maximum Gasteiger partial charge on any atom is 0.336 e. The van der Waals surface area contributed by atoms with Crippen LogP contribution in [0, 0.1) is 10.8 Å². The molecule has 0 saturated carbocycles. The van der Waals surface area contributed by atoms with E-state index in [1.54, 1.807) is 12.1 Å². The van der Waals surface area contributed by atoms with E-state index in [1.807, 2.05) is 21.1 Å². The predicted molar refractivity (Wildman–Crippen MR) is 510 cm³/mol. The summed E-state index contributed by atoms with van der Waals surface area (Å²) in [6, 6.07) is -12.7. The fourth-order valence-electron chi connectivity index (χ4n) is 14.0. The number of phenols is 1. The Hall–Kier alpha value is -14.0. The standard InChI is InChI=1S/C87H136N26O26S/c1-42(71(123)104-58(21-16-33-95-85(91)92)75(127)106-56(19-11-14-32-89)76(128)109-61(41-114)79(131)110-68(45(4)115)80(132)98-39-65(121)97-40-66(122)103-55(18-10-13-31-88)73(125)100-44(3)83(135)136)99-81(133)69(46(5)116)111-78(130)60(29-30-64(90)120)107-74(126)57(20-12-15-35-113(7,8)9)108-82(134)70(47(6)117)112-77(129)59(22-17-34-96-86(93)94)105-72(124)43(2)101-87(140)102-48-23-26-51(54(36-48)84(137)138)67-52-27-24-49(118)37-62(52)139-63-38-50(119)25-28-53(63)67/h23-28,36-38,42-47,55-62,68-70,114-117H,10-22,29-35,39-41,88-89H2,1-9H3,(H29-,90,91,92,93,94,95,96,97,98,99,100,101,102,103,104,105,106,107,108,109,110,111,112,118,119,120,121,122,123,124,125,126,127,128,129,130,131,132,133,134,135,136,137,138,140)/p+1/t42-,43-,44-,45+,46+,47+,55-,56-,57-,58-,59-,60-,61-,62?,68-,69-,70-/m0/s1. The van der Waals surface area contributed by atoms with Gasteiger partial charge in [0.15, 0.2) is 17.0 Å². The summed E-state index contributed by atoms with van der Waals surface area (Å²) in [5.74, 6) is -19.7. The molecular formula is C87H137N26O26S+. The van der Waals surface area contributed by atoms with Gasteiger partial charge in [0, 0.05) is 54.0 Å². The molecule has 0 bridgehead atoms. The minimum atomic E-state index is -2.00. The van der Waals surface area contributed by atoms with Gasteiger partial charge in [-0.25, -0.2) is 4.79 Å². The molecular weight excluding hydrogens is 1860 g/mol. The van der Waals surface area contributed by atoms with Gasteiger partial charge in [0.25, 0.3) is 0 Å². The number of aliphatic carboxylic acids is 1. The number of phenolic OH excluding ortho intramolecular Hbond substituents is 1. The summed E-state index contributed by atoms with van der Waals surface area (Å²) in [5.41, 5.74) is 29.4. The first-order valence-corrected chi connectivity index (χ1v) is 45.7. The summed E-state index contributed by atoms with van der Waals surface area (Å²) in [4.78, 5) is 232. The predicted octanol–water partition coefficient (Wildman–Crippen LogP) is -8.42. The highest BCUT2D eigenvalue weighted by atomic mass is 32.1. The van der Waals surface area contributed by atoms with Crippen molar-refractivity contribution in [2.45, 2.75) is 241 Å². The number of carbonyl (C=O) groups excluding carboxylic acids is 15. The fraction of sp³-hybridized carbons (Fsp3) is 0.563. The van der Waals surface area contributed by atoms with E-state index in [0.29, 0.717) is 47.0 Å². The molecule has 0 spiro atoms. The number of thiocarbonyl (C=S) groups is 1. The number of aliphatic hydroxyl groups is 5. The third kappa shape index (κ3) is 41.0. The second kappa shape index (κ2) is 58.7. The normalized spacial score (nSPS) is 15.9. The molecule has 52 nitrogen and oxygen atoms in total. The summed E-state index contributed by atoms with van der Waals surface area (Å²) >= 11 is 5.56. The van der Waals surface area contributed by atoms with Gasteiger partial charge in [-0.05, 0) is 193 Å². The van der Waals surface area contributed by atoms with Gasteiger partial charge >= 0.3 is 11.9 Å². The summed E-state index contributed by atoms with van der Waals surface area (Å²) < 4.78 is 6.51. The SMILES string of the molecule is C[C@H](NC(=O)[C@H](CCCCN)NC(=O)CNC(=O)CNC(=O)[C@@H](NC(=O)[C@H](CO)NC(=O)[C@H](CCCCN)NC(=O)[C@H](CCCNC(=N)N)NC(=O)[C@H](C)NC(=O)[C@@H](NC(=O)[C@H](CCC(N)=O)NC(=O)[C@H](CCCC[N+](C)(C)C)NC(=O)[C@@H](NC(=O)[C@H](CCCNC(=N)N)NC(=O)[C@H](C)NC(=S)Nc1ccc(C2=C3C=CC(O)=CC3Oc3cc(O)ccc32)c(C(=O)O)c1)[C@@H](C)O)[C@@H](C)O)[C@@H](C)O)C(=O)O. The molecule has 2 aromatic rings. The number of hydrogen-bond acceptors (Lipinski definition) is 29. The average Bonchev–Trinajstić information content (AvgIpc) is 0.745. The number of guanidine groups is 2. The van der Waals surface area contributed by atoms with Crippen LogP contribution in [0.15, 0.2) is 66.0 Å². The second-order valence-corrected chi connectivity index (χ2v) is 35.0. The molecule has 1 heterocycles. The van der Waals surface area contributed by atoms with Gasteiger partial charge in [-0.1, -0.05) is 12.1 Å². The number of primary amides is 1. The number of carboxylic acids is 2. The summed E-state index contributed by atoms with van der Waals surface area (Å²) in [5, 5.41) is 143. The van der Waals surface area contributed by atoms with E-state index in [9.17, 15) is 122 Å². The van der Waals surface area contributed by atoms with E-state index < -0.39 is 248 Å². The van der Waals surface area contributed by atoms with Crippen LogP contribution in [0.5, 0.6) is 11.5 Å². The minimum Gasteiger partial charge on any atom is -0.508 e. The molecule has 0 saturated heterocycles. The van der Waals surface area contributed by atoms with E-state index >= 15 is 0 Å². The Morgan fingerprint density at radius 2 is 0.864 bits per heavy atom. The number of carbonyl (C=O) groups is 17. The molecule has 15 amide bonds. The van der Waals surface area contributed by atoms with Gasteiger partial charge < -0.3 is 174 Å². The summed E-state index contributed by atoms with van der Waals surface area (Å²) in [7, 11) is 5.67. The first-order chi connectivity index (χ1) is 65.8. The molecule has 2 aromatic carbocycles. The largest absolute Gasteiger partial charge is 0.508 e. The molecule has 2 aliphatic rings. The number of rotatable bonds is 61. The molecule has 140 heavy (non-hydrogen) atoms. The number of aromatic carboxylic acids is 1. The summed E-state index contributed by atoms with van der Waals surface area (Å²) in [6.07, 6.45) is -1.86. The van der Waals surface area contributed by atoms with E-state index in [4.69, 9.17) is 56.4 Å². The van der Waals surface area contributed by atoms with Crippen molar-refractivity contribution in [3.05, 3.63) is 82.6 Å². The molecule has 0 fully saturated rings. The zero-order valence-corrected chi connectivity index (χ0v) is 80.3. The second-order valence-electron chi connectivity index (χ2n) is 34.6. The Morgan fingerprint density at radius 3 is 1.34 bits per heavy atom. The maximum atomic E-state index is 14.7. The van der Waals surface area contributed by atoms with Gasteiger partial charge in [0.05, 0.1) is 71.3 Å². The lowest BCUT2D eigenvalue weighted by Gasteiger charge is -2.31. The zero-order valence-electron chi connectivity index (χ0n) is 79.4. The number of amides is 15. The van der Waals surface area contributed by atoms with E-state index in [0.717, 1.165) is 27.7 Å². The number of quaternary nitrogens is 1. The number of ether oxygens (including phenoxy) is 1. The van der Waals surface area contributed by atoms with Crippen molar-refractivity contribution in [1.82, 2.24) is 90.4 Å². The fourth-order valence-corrected chi connectivity index (χ4v) is 14.3. The Kier molecular flexibility index (Phi) is 49.6. The number of allylic oxidation sites excluding steroid dienone is 1. The molecule has 53 heteroatoms. The van der Waals surface area contributed by atoms with Crippen molar-refractivity contribution >= 4 is 141 Å². The number of benzene rings is 2. The van der Waals surface area contributed by atoms with Crippen molar-refractivity contribution in [1.29, 1.82) is 10.8 Å². The van der Waals surface area contributed by atoms with Crippen molar-refractivity contribution in [2.24, 2.45) is 28.7 Å². The smallest absolute Gasteiger partial charge is 0.336 e. The number of aromatic hydroxyl groups is 1. The summed E-state index contributed by atoms with van der Waals surface area (Å²) in [6.45, 7) is 5.02. The first kappa shape index (κ1) is 118. The number of nitrogens with one attached hydrogen (secondary N) is 20. The number of carboxylic acid groups (broad SMARTS) is 2. The Labute approximate surface area is 812 Å². The lowest BCUT2D eigenvalue weighted by molar-refractivity contribution is -0.870. The van der Waals surface area contributed by atoms with Gasteiger partial charge in [-0.15, -0.1) is 0 Å². The Balaban J connectivity index is 1.52. The third-order valence-corrected chi connectivity index (χ3v) is 21.9. The third-order valence-electron chi connectivity index (χ3n) is 21.6. The van der Waals surface area contributed by atoms with Crippen LogP contribution in [-0.2, 0) is 76.7 Å². The zero-order chi connectivity index (χ0) is 105. The van der Waals surface area contributed by atoms with Crippen LogP contribution < -0.4 is 129 Å². The topological polar surface area (TPSA) is 856 Å². The Bertz CT molecular complexity index is 4840. The van der Waals surface area contributed by atoms with Crippen LogP contribution in [0.4, 0.5) is 5.69 Å². The first-order valence-electron chi connectivity index (χ1n) is 45.3. The molecule has 1 aliphatic carbocycles. The van der Waals surface area contributed by atoms with Crippen LogP contribution in [0.25, 0.3) is 5.57 Å². The molecule has 4 rings (SSSR count). The number of nitrogens with zero attached hydrogens (tertiary/aromatic N) is 1. The molecule has 1 unspecified atom stereocenters. The average molecular weight is 2000 g/mol. The number of unbranched alkanes of at least 4 members (excludes halogenated alkanes) is 3. The molecule has 0 radical (unpaired) electrons. The number of nitrogens with two attached hydrogens (primary N) is 5. The van der Waals surface area contributed by atoms with E-state index in [-0.39, 0.29) is 130 Å². The molecule has 0 aromatic heterocycles. The van der Waals surface area contributed by atoms with Gasteiger partial charge in [0.2, 0.25) is 88.6 Å². The number of aliphatic hydroxyl groups excluding tert-OH is 5. The molecule has 1 aliphatic heterocycles. The van der Waals surface area contributed by atoms with Crippen molar-refractivity contribution in [3.8, 4) is 11.5 Å². The monoisotopic (exact) mass is 1990 g/mol. The van der Waals surface area contributed by atoms with Crippen molar-refractivity contribution < 1.29 is 132 Å².